The van der Waals surface area contributed by atoms with Crippen LogP contribution in [-0.2, 0) is 9.53 Å². The van der Waals surface area contributed by atoms with E-state index >= 15 is 0 Å². The maximum absolute atomic E-state index is 11.5. The third-order valence-corrected chi connectivity index (χ3v) is 4.05. The van der Waals surface area contributed by atoms with Crippen LogP contribution in [0.2, 0.25) is 0 Å². The van der Waals surface area contributed by atoms with E-state index in [0.717, 1.165) is 19.3 Å². The molecule has 0 rings (SSSR count). The maximum atomic E-state index is 11.5. The Morgan fingerprint density at radius 1 is 0.905 bits per heavy atom. The van der Waals surface area contributed by atoms with Gasteiger partial charge in [-0.3, -0.25) is 0 Å². The van der Waals surface area contributed by atoms with Gasteiger partial charge in [0.1, 0.15) is 6.10 Å². The Morgan fingerprint density at radius 3 is 1.81 bits per heavy atom. The normalized spacial score (nSPS) is 13.2. The monoisotopic (exact) mass is 358 g/mol. The van der Waals surface area contributed by atoms with Crippen LogP contribution in [0.3, 0.4) is 0 Å². The predicted octanol–water partition coefficient (Wildman–Crippen LogP) is 6.60. The zero-order valence-electron chi connectivity index (χ0n) is 13.3. The molecule has 0 aliphatic heterocycles. The summed E-state index contributed by atoms with van der Waals surface area (Å²) in [5, 5.41) is 0. The maximum Gasteiger partial charge on any atom is 0.358 e. The van der Waals surface area contributed by atoms with Crippen LogP contribution >= 0.6 is 34.8 Å². The molecule has 126 valence electrons. The van der Waals surface area contributed by atoms with E-state index in [0.29, 0.717) is 0 Å². The number of carbonyl (C=O) groups excluding carboxylic acids is 1. The minimum absolute atomic E-state index is 0.141. The Labute approximate surface area is 144 Å². The number of alkyl halides is 3. The van der Waals surface area contributed by atoms with E-state index in [1.54, 1.807) is 0 Å². The molecule has 0 N–H and O–H groups in total. The van der Waals surface area contributed by atoms with E-state index in [9.17, 15) is 4.79 Å². The minimum atomic E-state index is -1.97. The molecule has 21 heavy (non-hydrogen) atoms. The van der Waals surface area contributed by atoms with Crippen molar-refractivity contribution in [3.63, 3.8) is 0 Å². The fourth-order valence-corrected chi connectivity index (χ4v) is 2.38. The standard InChI is InChI=1S/C16H29Cl3O2/c1-3-5-6-7-8-9-10-11-12-13-14(4-2)21-15(20)16(17,18)19/h14H,3-13H2,1-2H3. The molecule has 1 atom stereocenters. The van der Waals surface area contributed by atoms with Crippen LogP contribution in [-0.4, -0.2) is 15.9 Å². The van der Waals surface area contributed by atoms with Crippen LogP contribution in [0.25, 0.3) is 0 Å². The number of ether oxygens (including phenoxy) is 1. The van der Waals surface area contributed by atoms with Crippen LogP contribution in [0.15, 0.2) is 0 Å². The van der Waals surface area contributed by atoms with Gasteiger partial charge in [-0.05, 0) is 19.3 Å². The fraction of sp³-hybridized carbons (Fsp3) is 0.938. The van der Waals surface area contributed by atoms with E-state index < -0.39 is 9.76 Å². The molecule has 0 bridgehead atoms. The smallest absolute Gasteiger partial charge is 0.358 e. The highest BCUT2D eigenvalue weighted by molar-refractivity contribution is 6.75. The summed E-state index contributed by atoms with van der Waals surface area (Å²) in [7, 11) is 0. The quantitative estimate of drug-likeness (QED) is 0.223. The lowest BCUT2D eigenvalue weighted by Crippen LogP contribution is -2.27. The molecule has 0 aliphatic carbocycles. The second kappa shape index (κ2) is 12.8. The highest BCUT2D eigenvalue weighted by atomic mass is 35.6. The number of hydrogen-bond donors (Lipinski definition) is 0. The molecule has 5 heteroatoms. The highest BCUT2D eigenvalue weighted by Gasteiger charge is 2.34. The number of rotatable bonds is 12. The summed E-state index contributed by atoms with van der Waals surface area (Å²) in [5.74, 6) is -0.768. The number of hydrogen-bond acceptors (Lipinski definition) is 2. The second-order valence-electron chi connectivity index (χ2n) is 5.55. The van der Waals surface area contributed by atoms with Gasteiger partial charge in [-0.1, -0.05) is 100 Å². The summed E-state index contributed by atoms with van der Waals surface area (Å²) in [5.41, 5.74) is 0. The van der Waals surface area contributed by atoms with Crippen molar-refractivity contribution in [2.75, 3.05) is 0 Å². The summed E-state index contributed by atoms with van der Waals surface area (Å²) < 4.78 is 3.23. The van der Waals surface area contributed by atoms with Crippen LogP contribution in [0.4, 0.5) is 0 Å². The number of carbonyl (C=O) groups is 1. The molecule has 0 saturated carbocycles. The molecule has 0 aliphatic rings. The number of esters is 1. The molecule has 0 amide bonds. The lowest BCUT2D eigenvalue weighted by Gasteiger charge is -2.18. The van der Waals surface area contributed by atoms with Crippen molar-refractivity contribution in [1.82, 2.24) is 0 Å². The van der Waals surface area contributed by atoms with Crippen molar-refractivity contribution >= 4 is 40.8 Å². The Morgan fingerprint density at radius 2 is 1.38 bits per heavy atom. The first-order chi connectivity index (χ1) is 9.91. The first-order valence-electron chi connectivity index (χ1n) is 8.19. The van der Waals surface area contributed by atoms with Gasteiger partial charge in [0.15, 0.2) is 0 Å². The van der Waals surface area contributed by atoms with E-state index in [-0.39, 0.29) is 6.10 Å². The van der Waals surface area contributed by atoms with Crippen molar-refractivity contribution < 1.29 is 9.53 Å². The first-order valence-corrected chi connectivity index (χ1v) is 9.33. The van der Waals surface area contributed by atoms with Gasteiger partial charge in [0.25, 0.3) is 3.79 Å². The molecule has 0 aromatic heterocycles. The zero-order chi connectivity index (χ0) is 16.1. The Hall–Kier alpha value is 0.340. The summed E-state index contributed by atoms with van der Waals surface area (Å²) in [6.45, 7) is 4.21. The van der Waals surface area contributed by atoms with Crippen molar-refractivity contribution in [1.29, 1.82) is 0 Å². The molecule has 0 saturated heterocycles. The highest BCUT2D eigenvalue weighted by Crippen LogP contribution is 2.28. The predicted molar refractivity (Wildman–Crippen MR) is 92.3 cm³/mol. The molecular weight excluding hydrogens is 331 g/mol. The van der Waals surface area contributed by atoms with Crippen molar-refractivity contribution in [2.24, 2.45) is 0 Å². The average Bonchev–Trinajstić information content (AvgIpc) is 2.43. The summed E-state index contributed by atoms with van der Waals surface area (Å²) in [6.07, 6.45) is 12.9. The fourth-order valence-electron chi connectivity index (χ4n) is 2.25. The largest absolute Gasteiger partial charge is 0.459 e. The number of unbranched alkanes of at least 4 members (excludes halogenated alkanes) is 8. The molecule has 0 heterocycles. The van der Waals surface area contributed by atoms with Crippen LogP contribution in [0.5, 0.6) is 0 Å². The molecular formula is C16H29Cl3O2. The number of halogens is 3. The Balaban J connectivity index is 3.58. The zero-order valence-corrected chi connectivity index (χ0v) is 15.6. The van der Waals surface area contributed by atoms with Crippen LogP contribution in [0.1, 0.15) is 84.5 Å². The Bertz CT molecular complexity index is 265. The Kier molecular flexibility index (Phi) is 13.0. The first kappa shape index (κ1) is 21.3. The van der Waals surface area contributed by atoms with Crippen LogP contribution in [0, 0.1) is 0 Å². The van der Waals surface area contributed by atoms with Crippen molar-refractivity contribution in [2.45, 2.75) is 94.4 Å². The van der Waals surface area contributed by atoms with Gasteiger partial charge in [-0.25, -0.2) is 4.79 Å². The molecule has 0 aromatic rings. The SMILES string of the molecule is CCCCCCCCCCCC(CC)OC(=O)C(Cl)(Cl)Cl. The molecule has 0 fully saturated rings. The lowest BCUT2D eigenvalue weighted by atomic mass is 10.0. The molecule has 0 spiro atoms. The molecule has 2 nitrogen and oxygen atoms in total. The average molecular weight is 360 g/mol. The van der Waals surface area contributed by atoms with Gasteiger partial charge in [0.2, 0.25) is 0 Å². The third-order valence-electron chi connectivity index (χ3n) is 3.59. The summed E-state index contributed by atoms with van der Waals surface area (Å²) >= 11 is 16.5. The van der Waals surface area contributed by atoms with Gasteiger partial charge in [0.05, 0.1) is 0 Å². The van der Waals surface area contributed by atoms with E-state index in [1.165, 1.54) is 51.4 Å². The minimum Gasteiger partial charge on any atom is -0.459 e. The van der Waals surface area contributed by atoms with Crippen LogP contribution < -0.4 is 0 Å². The third kappa shape index (κ3) is 12.6. The van der Waals surface area contributed by atoms with Crippen molar-refractivity contribution in [3.05, 3.63) is 0 Å². The second-order valence-corrected chi connectivity index (χ2v) is 7.83. The van der Waals surface area contributed by atoms with Gasteiger partial charge in [-0.15, -0.1) is 0 Å². The topological polar surface area (TPSA) is 26.3 Å². The lowest BCUT2D eigenvalue weighted by molar-refractivity contribution is -0.148. The van der Waals surface area contributed by atoms with Gasteiger partial charge in [-0.2, -0.15) is 0 Å². The van der Waals surface area contributed by atoms with E-state index in [2.05, 4.69) is 6.92 Å². The summed E-state index contributed by atoms with van der Waals surface area (Å²) in [4.78, 5) is 11.5. The van der Waals surface area contributed by atoms with E-state index in [4.69, 9.17) is 39.5 Å². The van der Waals surface area contributed by atoms with E-state index in [1.807, 2.05) is 6.92 Å². The van der Waals surface area contributed by atoms with Gasteiger partial charge in [0, 0.05) is 0 Å². The molecule has 0 radical (unpaired) electrons. The summed E-state index contributed by atoms with van der Waals surface area (Å²) in [6, 6.07) is 0. The van der Waals surface area contributed by atoms with Crippen molar-refractivity contribution in [3.8, 4) is 0 Å². The van der Waals surface area contributed by atoms with Gasteiger partial charge >= 0.3 is 5.97 Å². The molecule has 1 unspecified atom stereocenters. The molecule has 0 aromatic carbocycles. The van der Waals surface area contributed by atoms with Gasteiger partial charge < -0.3 is 4.74 Å².